The summed E-state index contributed by atoms with van der Waals surface area (Å²) in [6.07, 6.45) is 0.0681. The molecule has 3 rings (SSSR count). The lowest BCUT2D eigenvalue weighted by Crippen LogP contribution is -2.78. The molecule has 0 radical (unpaired) electrons. The van der Waals surface area contributed by atoms with Crippen LogP contribution in [0.25, 0.3) is 0 Å². The van der Waals surface area contributed by atoms with Crippen molar-refractivity contribution >= 4 is 35.2 Å². The number of thioether (sulfide) groups is 1. The molecule has 2 heterocycles. The molecule has 1 aromatic carbocycles. The van der Waals surface area contributed by atoms with Gasteiger partial charge in [-0.1, -0.05) is 18.2 Å². The lowest BCUT2D eigenvalue weighted by molar-refractivity contribution is -0.167. The van der Waals surface area contributed by atoms with E-state index in [1.807, 2.05) is 0 Å². The van der Waals surface area contributed by atoms with Crippen LogP contribution in [0.5, 0.6) is 0 Å². The average Bonchev–Trinajstić information content (AvgIpc) is 2.79. The highest BCUT2D eigenvalue weighted by atomic mass is 32.2. The third kappa shape index (κ3) is 2.64. The van der Waals surface area contributed by atoms with E-state index in [-0.39, 0.29) is 18.2 Å². The number of nitrogens with two attached hydrogens (primary N) is 1. The van der Waals surface area contributed by atoms with Gasteiger partial charge in [-0.2, -0.15) is 0 Å². The van der Waals surface area contributed by atoms with E-state index in [0.29, 0.717) is 11.3 Å². The van der Waals surface area contributed by atoms with Gasteiger partial charge in [-0.15, -0.1) is 11.8 Å². The number of nitrogens with zero attached hydrogens (tertiary/aromatic N) is 1. The largest absolute Gasteiger partial charge is 0.480 e. The van der Waals surface area contributed by atoms with Gasteiger partial charge in [0.05, 0.1) is 6.42 Å². The van der Waals surface area contributed by atoms with Crippen LogP contribution >= 0.6 is 11.8 Å². The number of benzene rings is 1. The molecular weight excluding hydrogens is 342 g/mol. The minimum Gasteiger partial charge on any atom is -0.480 e. The van der Waals surface area contributed by atoms with Crippen molar-refractivity contribution in [2.75, 3.05) is 5.73 Å². The summed E-state index contributed by atoms with van der Waals surface area (Å²) in [7, 11) is 0. The predicted molar refractivity (Wildman–Crippen MR) is 94.8 cm³/mol. The van der Waals surface area contributed by atoms with Crippen LogP contribution in [0, 0.1) is 0 Å². The molecule has 1 unspecified atom stereocenters. The van der Waals surface area contributed by atoms with Gasteiger partial charge in [0, 0.05) is 10.4 Å². The number of carbonyl (C=O) groups is 3. The predicted octanol–water partition coefficient (Wildman–Crippen LogP) is 0.833. The van der Waals surface area contributed by atoms with Crippen molar-refractivity contribution in [3.05, 3.63) is 29.8 Å². The molecule has 25 heavy (non-hydrogen) atoms. The number of nitrogens with one attached hydrogen (secondary N) is 1. The quantitative estimate of drug-likeness (QED) is 0.540. The van der Waals surface area contributed by atoms with Crippen molar-refractivity contribution in [3.8, 4) is 0 Å². The number of nitrogen functional groups attached to an aromatic ring is 1. The van der Waals surface area contributed by atoms with E-state index in [2.05, 4.69) is 5.32 Å². The number of β-lactam (4-membered cyclic amide) rings is 1. The number of hydrogen-bond acceptors (Lipinski definition) is 5. The van der Waals surface area contributed by atoms with E-state index >= 15 is 0 Å². The maximum absolute atomic E-state index is 12.6. The molecule has 2 fully saturated rings. The molecule has 1 aromatic rings. The Hall–Kier alpha value is -2.22. The van der Waals surface area contributed by atoms with Crippen molar-refractivity contribution in [1.82, 2.24) is 10.2 Å². The topological polar surface area (TPSA) is 113 Å². The Bertz CT molecular complexity index is 766. The molecule has 0 spiro atoms. The van der Waals surface area contributed by atoms with E-state index in [4.69, 9.17) is 5.73 Å². The van der Waals surface area contributed by atoms with Gasteiger partial charge >= 0.3 is 5.97 Å². The number of amides is 2. The summed E-state index contributed by atoms with van der Waals surface area (Å²) in [4.78, 5) is 38.0. The smallest absolute Gasteiger partial charge is 0.327 e. The number of aliphatic carboxylic acids is 1. The number of carboxylic acid groups (broad SMARTS) is 1. The fraction of sp³-hybridized carbons (Fsp3) is 0.471. The molecule has 0 saturated carbocycles. The normalized spacial score (nSPS) is 29.7. The first-order chi connectivity index (χ1) is 11.6. The molecule has 2 saturated heterocycles. The second-order valence-corrected chi connectivity index (χ2v) is 8.89. The Morgan fingerprint density at radius 2 is 1.96 bits per heavy atom. The van der Waals surface area contributed by atoms with Gasteiger partial charge in [0.1, 0.15) is 17.0 Å². The summed E-state index contributed by atoms with van der Waals surface area (Å²) in [6, 6.07) is 6.16. The van der Waals surface area contributed by atoms with Crippen molar-refractivity contribution in [2.45, 2.75) is 48.9 Å². The van der Waals surface area contributed by atoms with Crippen molar-refractivity contribution in [1.29, 1.82) is 0 Å². The summed E-state index contributed by atoms with van der Waals surface area (Å²) >= 11 is 1.40. The summed E-state index contributed by atoms with van der Waals surface area (Å²) in [6.45, 7) is 5.25. The van der Waals surface area contributed by atoms with Gasteiger partial charge in [0.2, 0.25) is 5.91 Å². The zero-order valence-electron chi connectivity index (χ0n) is 14.3. The zero-order valence-corrected chi connectivity index (χ0v) is 15.1. The second-order valence-electron chi connectivity index (χ2n) is 7.15. The van der Waals surface area contributed by atoms with Crippen LogP contribution in [0.2, 0.25) is 0 Å². The molecule has 8 heteroatoms. The highest BCUT2D eigenvalue weighted by Crippen LogP contribution is 2.54. The Labute approximate surface area is 149 Å². The molecule has 4 N–H and O–H groups in total. The van der Waals surface area contributed by atoms with Crippen LogP contribution in [-0.2, 0) is 20.8 Å². The molecule has 0 aromatic heterocycles. The van der Waals surface area contributed by atoms with Crippen LogP contribution < -0.4 is 11.1 Å². The molecule has 7 nitrogen and oxygen atoms in total. The first-order valence-corrected chi connectivity index (χ1v) is 8.83. The van der Waals surface area contributed by atoms with Gasteiger partial charge in [-0.05, 0) is 32.4 Å². The van der Waals surface area contributed by atoms with Crippen LogP contribution in [0.4, 0.5) is 5.69 Å². The van der Waals surface area contributed by atoms with Crippen LogP contribution in [0.15, 0.2) is 24.3 Å². The minimum atomic E-state index is -1.10. The van der Waals surface area contributed by atoms with Crippen LogP contribution in [0.3, 0.4) is 0 Å². The monoisotopic (exact) mass is 363 g/mol. The Kier molecular flexibility index (Phi) is 3.98. The Balaban J connectivity index is 1.76. The second kappa shape index (κ2) is 5.66. The molecule has 2 aliphatic rings. The number of carbonyl (C=O) groups excluding carboxylic acids is 2. The number of rotatable bonds is 4. The van der Waals surface area contributed by atoms with Gasteiger partial charge in [0.15, 0.2) is 0 Å². The van der Waals surface area contributed by atoms with E-state index in [0.717, 1.165) is 0 Å². The van der Waals surface area contributed by atoms with E-state index in [1.165, 1.54) is 16.7 Å². The SMILES string of the molecule is CC1(C)S[C@H]2N(C(=O)C2(C)NC(=O)Cc2ccccc2N)[C@H]1C(=O)O. The van der Waals surface area contributed by atoms with E-state index < -0.39 is 27.7 Å². The van der Waals surface area contributed by atoms with Gasteiger partial charge in [-0.3, -0.25) is 9.59 Å². The Morgan fingerprint density at radius 1 is 1.32 bits per heavy atom. The number of para-hydroxylation sites is 1. The van der Waals surface area contributed by atoms with E-state index in [9.17, 15) is 19.5 Å². The van der Waals surface area contributed by atoms with Crippen molar-refractivity contribution < 1.29 is 19.5 Å². The first-order valence-electron chi connectivity index (χ1n) is 7.95. The minimum absolute atomic E-state index is 0.0681. The molecule has 2 aliphatic heterocycles. The summed E-state index contributed by atoms with van der Waals surface area (Å²) in [5, 5.41) is 11.8. The molecule has 0 bridgehead atoms. The third-order valence-corrected chi connectivity index (χ3v) is 6.57. The molecule has 3 atom stereocenters. The third-order valence-electron chi connectivity index (χ3n) is 4.82. The highest BCUT2D eigenvalue weighted by molar-refractivity contribution is 8.01. The number of hydrogen-bond donors (Lipinski definition) is 3. The Morgan fingerprint density at radius 3 is 2.56 bits per heavy atom. The number of anilines is 1. The molecule has 0 aliphatic carbocycles. The zero-order chi connectivity index (χ0) is 18.6. The van der Waals surface area contributed by atoms with Crippen molar-refractivity contribution in [3.63, 3.8) is 0 Å². The van der Waals surface area contributed by atoms with Crippen molar-refractivity contribution in [2.24, 2.45) is 0 Å². The van der Waals surface area contributed by atoms with E-state index in [1.54, 1.807) is 45.0 Å². The van der Waals surface area contributed by atoms with Gasteiger partial charge in [-0.25, -0.2) is 4.79 Å². The average molecular weight is 363 g/mol. The van der Waals surface area contributed by atoms with Gasteiger partial charge < -0.3 is 21.1 Å². The van der Waals surface area contributed by atoms with Crippen LogP contribution in [0.1, 0.15) is 26.3 Å². The number of carboxylic acids is 1. The van der Waals surface area contributed by atoms with Crippen LogP contribution in [-0.4, -0.2) is 49.5 Å². The molecular formula is C17H21N3O4S. The maximum Gasteiger partial charge on any atom is 0.327 e. The molecule has 134 valence electrons. The first kappa shape index (κ1) is 17.6. The summed E-state index contributed by atoms with van der Waals surface area (Å²) in [5.41, 5.74) is 5.96. The highest BCUT2D eigenvalue weighted by Gasteiger charge is 2.69. The standard InChI is InChI=1S/C17H21N3O4S/c1-16(2)12(13(22)23)20-14(24)17(3,15(20)25-16)19-11(21)8-9-6-4-5-7-10(9)18/h4-7,12,15H,8,18H2,1-3H3,(H,19,21)(H,22,23)/t12-,15+,17?/m0/s1. The summed E-state index contributed by atoms with van der Waals surface area (Å²) in [5.74, 6) is -1.71. The fourth-order valence-corrected chi connectivity index (χ4v) is 5.19. The lowest BCUT2D eigenvalue weighted by Gasteiger charge is -2.51. The van der Waals surface area contributed by atoms with Gasteiger partial charge in [0.25, 0.3) is 5.91 Å². The molecule has 2 amide bonds. The fourth-order valence-electron chi connectivity index (χ4n) is 3.54. The summed E-state index contributed by atoms with van der Waals surface area (Å²) < 4.78 is -0.626. The lowest BCUT2D eigenvalue weighted by atomic mass is 9.86. The number of fused-ring (bicyclic) bond motifs is 1. The maximum atomic E-state index is 12.6.